The minimum atomic E-state index is -0.580. The molecule has 334 valence electrons. The molecule has 4 aromatic carbocycles. The smallest absolute Gasteiger partial charge is 0.220 e. The van der Waals surface area contributed by atoms with E-state index in [1.54, 1.807) is 55.8 Å². The fraction of sp³-hybridized carbons (Fsp3) is 0.449. The Morgan fingerprint density at radius 3 is 1.92 bits per heavy atom. The summed E-state index contributed by atoms with van der Waals surface area (Å²) in [6.07, 6.45) is 3.88. The molecular weight excluding hydrogens is 791 g/mol. The van der Waals surface area contributed by atoms with Crippen molar-refractivity contribution in [3.05, 3.63) is 93.1 Å². The van der Waals surface area contributed by atoms with Crippen molar-refractivity contribution in [3.63, 3.8) is 0 Å². The van der Waals surface area contributed by atoms with E-state index < -0.39 is 5.41 Å². The Balaban J connectivity index is 0.000000275. The predicted molar refractivity (Wildman–Crippen MR) is 241 cm³/mol. The van der Waals surface area contributed by atoms with Gasteiger partial charge in [0.1, 0.15) is 0 Å². The minimum Gasteiger partial charge on any atom is -0.493 e. The Bertz CT molecular complexity index is 2260. The summed E-state index contributed by atoms with van der Waals surface area (Å²) < 4.78 is 43.6. The number of nitriles is 1. The van der Waals surface area contributed by atoms with Crippen LogP contribution < -0.4 is 48.6 Å². The summed E-state index contributed by atoms with van der Waals surface area (Å²) in [7, 11) is 14.8. The van der Waals surface area contributed by atoms with Gasteiger partial charge in [-0.15, -0.1) is 0 Å². The van der Waals surface area contributed by atoms with E-state index >= 15 is 0 Å². The van der Waals surface area contributed by atoms with Gasteiger partial charge < -0.3 is 48.1 Å². The highest BCUT2D eigenvalue weighted by Gasteiger charge is 2.36. The molecule has 13 nitrogen and oxygen atoms in total. The Kier molecular flexibility index (Phi) is 17.7. The zero-order chi connectivity index (χ0) is 45.6. The Hall–Kier alpha value is -6.13. The Morgan fingerprint density at radius 2 is 1.35 bits per heavy atom. The fourth-order valence-corrected chi connectivity index (χ4v) is 8.09. The molecule has 0 spiro atoms. The van der Waals surface area contributed by atoms with Gasteiger partial charge in [-0.3, -0.25) is 9.59 Å². The molecule has 0 fully saturated rings. The summed E-state index contributed by atoms with van der Waals surface area (Å²) in [5.41, 5.74) is 4.61. The maximum Gasteiger partial charge on any atom is 0.220 e. The number of carbonyl (C=O) groups is 1. The van der Waals surface area contributed by atoms with Crippen LogP contribution in [0.25, 0.3) is 11.1 Å². The van der Waals surface area contributed by atoms with Crippen LogP contribution in [0.3, 0.4) is 0 Å². The maximum absolute atomic E-state index is 12.6. The molecular formula is C49H63N3O10. The number of fused-ring (bicyclic) bond motifs is 3. The van der Waals surface area contributed by atoms with E-state index in [1.165, 1.54) is 25.7 Å². The van der Waals surface area contributed by atoms with Gasteiger partial charge in [0.05, 0.1) is 74.4 Å². The lowest BCUT2D eigenvalue weighted by atomic mass is 9.69. The lowest BCUT2D eigenvalue weighted by molar-refractivity contribution is -0.119. The standard InChI is InChI=1S/C27H38N2O4.C22H25NO6/c1-20(2)27(19-28,22-10-12-24(31-5)26(18-22)33-7)14-8-15-29(3)16-13-21-9-11-23(30-4)25(17-21)32-6;1-12(24)23-16-8-6-13-10-19(27-3)21(28-4)22(29-5)20(13)14-7-9-18(26-2)17(25)11-15(14)16/h9-12,17-18,20H,8,13-16H2,1-7H3;7,9-11,16H,6,8H2,1-5H3,(H,23,24)/t;16-/m.0/s1. The molecule has 1 N–H and O–H groups in total. The van der Waals surface area contributed by atoms with Crippen molar-refractivity contribution in [1.29, 1.82) is 5.26 Å². The van der Waals surface area contributed by atoms with Gasteiger partial charge in [0.25, 0.3) is 0 Å². The largest absolute Gasteiger partial charge is 0.493 e. The van der Waals surface area contributed by atoms with Crippen molar-refractivity contribution >= 4 is 5.91 Å². The van der Waals surface area contributed by atoms with E-state index in [1.807, 2.05) is 42.5 Å². The highest BCUT2D eigenvalue weighted by atomic mass is 16.5. The SMILES string of the molecule is COc1cc2c(c(OC)c1OC)-c1ccc(OC)c(=O)cc1[C@@H](NC(C)=O)CC2.COc1ccc(CCN(C)CCCC(C#N)(c2ccc(OC)c(OC)c2)C(C)C)cc1OC. The molecule has 5 rings (SSSR count). The van der Waals surface area contributed by atoms with Crippen molar-refractivity contribution in [1.82, 2.24) is 10.2 Å². The van der Waals surface area contributed by atoms with Gasteiger partial charge in [0, 0.05) is 19.0 Å². The summed E-state index contributed by atoms with van der Waals surface area (Å²) in [5, 5.41) is 13.2. The summed E-state index contributed by atoms with van der Waals surface area (Å²) in [6, 6.07) is 21.1. The second-order valence-electron chi connectivity index (χ2n) is 15.4. The predicted octanol–water partition coefficient (Wildman–Crippen LogP) is 7.96. The number of benzene rings is 3. The van der Waals surface area contributed by atoms with E-state index in [0.29, 0.717) is 47.2 Å². The van der Waals surface area contributed by atoms with Crippen LogP contribution in [0.1, 0.15) is 68.3 Å². The molecule has 4 aromatic rings. The lowest BCUT2D eigenvalue weighted by Gasteiger charge is -2.32. The van der Waals surface area contributed by atoms with Crippen LogP contribution in [-0.2, 0) is 23.1 Å². The molecule has 13 heteroatoms. The highest BCUT2D eigenvalue weighted by Crippen LogP contribution is 2.50. The molecule has 0 heterocycles. The number of hydrogen-bond donors (Lipinski definition) is 1. The number of nitrogens with one attached hydrogen (secondary N) is 1. The normalized spacial score (nSPS) is 13.7. The molecule has 62 heavy (non-hydrogen) atoms. The molecule has 0 saturated carbocycles. The van der Waals surface area contributed by atoms with E-state index in [0.717, 1.165) is 66.1 Å². The first-order valence-electron chi connectivity index (χ1n) is 20.6. The number of nitrogens with zero attached hydrogens (tertiary/aromatic N) is 2. The quantitative estimate of drug-likeness (QED) is 0.104. The zero-order valence-electron chi connectivity index (χ0n) is 38.4. The van der Waals surface area contributed by atoms with E-state index in [9.17, 15) is 14.9 Å². The third-order valence-corrected chi connectivity index (χ3v) is 11.5. The van der Waals surface area contributed by atoms with Crippen LogP contribution >= 0.6 is 0 Å². The van der Waals surface area contributed by atoms with Gasteiger partial charge in [-0.2, -0.15) is 5.26 Å². The number of ether oxygens (including phenoxy) is 8. The molecule has 0 bridgehead atoms. The number of hydrogen-bond acceptors (Lipinski definition) is 12. The Morgan fingerprint density at radius 1 is 0.758 bits per heavy atom. The van der Waals surface area contributed by atoms with E-state index in [2.05, 4.69) is 43.2 Å². The zero-order valence-corrected chi connectivity index (χ0v) is 38.4. The molecule has 2 atom stereocenters. The van der Waals surface area contributed by atoms with Crippen LogP contribution in [0.5, 0.6) is 46.0 Å². The topological polar surface area (TPSA) is 147 Å². The number of methoxy groups -OCH3 is 8. The van der Waals surface area contributed by atoms with Crippen molar-refractivity contribution < 1.29 is 42.7 Å². The summed E-state index contributed by atoms with van der Waals surface area (Å²) in [4.78, 5) is 26.8. The monoisotopic (exact) mass is 853 g/mol. The second kappa shape index (κ2) is 22.6. The lowest BCUT2D eigenvalue weighted by Crippen LogP contribution is -2.32. The number of carbonyl (C=O) groups excluding carboxylic acids is 1. The number of likely N-dealkylation sites (N-methyl/N-ethyl adjacent to an activating group) is 1. The van der Waals surface area contributed by atoms with Gasteiger partial charge in [0.2, 0.25) is 17.1 Å². The minimum absolute atomic E-state index is 0.165. The van der Waals surface area contributed by atoms with E-state index in [-0.39, 0.29) is 29.0 Å². The maximum atomic E-state index is 12.6. The Labute approximate surface area is 366 Å². The van der Waals surface area contributed by atoms with Crippen LogP contribution in [0.4, 0.5) is 0 Å². The first-order valence-corrected chi connectivity index (χ1v) is 20.6. The third kappa shape index (κ3) is 11.0. The fourth-order valence-electron chi connectivity index (χ4n) is 8.09. The van der Waals surface area contributed by atoms with Gasteiger partial charge in [-0.05, 0) is 122 Å². The van der Waals surface area contributed by atoms with Gasteiger partial charge in [-0.25, -0.2) is 0 Å². The molecule has 1 aliphatic carbocycles. The number of rotatable bonds is 18. The van der Waals surface area contributed by atoms with E-state index in [4.69, 9.17) is 37.9 Å². The third-order valence-electron chi connectivity index (χ3n) is 11.5. The number of amides is 1. The van der Waals surface area contributed by atoms with Crippen molar-refractivity contribution in [3.8, 4) is 63.2 Å². The van der Waals surface area contributed by atoms with Crippen molar-refractivity contribution in [2.24, 2.45) is 5.92 Å². The van der Waals surface area contributed by atoms with Crippen molar-refractivity contribution in [2.45, 2.75) is 64.3 Å². The average molecular weight is 854 g/mol. The molecule has 0 saturated heterocycles. The van der Waals surface area contributed by atoms with Gasteiger partial charge >= 0.3 is 0 Å². The van der Waals surface area contributed by atoms with Gasteiger partial charge in [-0.1, -0.05) is 32.0 Å². The first kappa shape index (κ1) is 48.5. The number of aryl methyl sites for hydroxylation is 1. The molecule has 0 aliphatic heterocycles. The van der Waals surface area contributed by atoms with Crippen molar-refractivity contribution in [2.75, 3.05) is 77.0 Å². The van der Waals surface area contributed by atoms with Crippen LogP contribution in [0.15, 0.2) is 65.5 Å². The molecule has 0 radical (unpaired) electrons. The summed E-state index contributed by atoms with van der Waals surface area (Å²) in [5.74, 6) is 4.59. The summed E-state index contributed by atoms with van der Waals surface area (Å²) in [6.45, 7) is 7.52. The molecule has 1 aliphatic rings. The average Bonchev–Trinajstić information content (AvgIpc) is 3.53. The van der Waals surface area contributed by atoms with Crippen LogP contribution in [-0.4, -0.2) is 87.8 Å². The highest BCUT2D eigenvalue weighted by molar-refractivity contribution is 5.83. The first-order chi connectivity index (χ1) is 29.8. The molecule has 1 unspecified atom stereocenters. The molecule has 0 aromatic heterocycles. The van der Waals surface area contributed by atoms with Crippen LogP contribution in [0, 0.1) is 17.2 Å². The second-order valence-corrected chi connectivity index (χ2v) is 15.4. The molecule has 1 amide bonds. The van der Waals surface area contributed by atoms with Crippen LogP contribution in [0.2, 0.25) is 0 Å². The summed E-state index contributed by atoms with van der Waals surface area (Å²) >= 11 is 0. The van der Waals surface area contributed by atoms with Gasteiger partial charge in [0.15, 0.2) is 40.2 Å².